The van der Waals surface area contributed by atoms with Crippen molar-refractivity contribution >= 4 is 38.1 Å². The van der Waals surface area contributed by atoms with Gasteiger partial charge in [-0.25, -0.2) is 13.4 Å². The van der Waals surface area contributed by atoms with Crippen LogP contribution in [0, 0.1) is 19.8 Å². The number of phenolic OH excluding ortho intramolecular Hbond substituents is 1. The smallest absolute Gasteiger partial charge is 0.262 e. The van der Waals surface area contributed by atoms with Gasteiger partial charge in [0.15, 0.2) is 5.13 Å². The first-order valence-electron chi connectivity index (χ1n) is 10.4. The summed E-state index contributed by atoms with van der Waals surface area (Å²) >= 11 is 1.34. The normalized spacial score (nSPS) is 14.4. The Bertz CT molecular complexity index is 1240. The summed E-state index contributed by atoms with van der Waals surface area (Å²) in [4.78, 5) is 17.9. The Morgan fingerprint density at radius 3 is 2.47 bits per heavy atom. The summed E-state index contributed by atoms with van der Waals surface area (Å²) in [6.45, 7) is 3.59. The molecule has 0 spiro atoms. The number of aromatic hydroxyl groups is 1. The predicted molar refractivity (Wildman–Crippen MR) is 127 cm³/mol. The van der Waals surface area contributed by atoms with E-state index in [1.165, 1.54) is 35.6 Å². The van der Waals surface area contributed by atoms with Crippen molar-refractivity contribution in [3.8, 4) is 16.2 Å². The molecule has 1 amide bonds. The molecule has 0 aliphatic heterocycles. The van der Waals surface area contributed by atoms with Gasteiger partial charge in [0.25, 0.3) is 10.0 Å². The molecule has 2 aromatic carbocycles. The van der Waals surface area contributed by atoms with E-state index >= 15 is 0 Å². The number of nitrogens with zero attached hydrogens (tertiary/aromatic N) is 1. The lowest BCUT2D eigenvalue weighted by Gasteiger charge is -2.12. The zero-order valence-corrected chi connectivity index (χ0v) is 19.5. The molecule has 0 unspecified atom stereocenters. The number of phenols is 1. The first kappa shape index (κ1) is 22.3. The molecule has 1 aliphatic rings. The van der Waals surface area contributed by atoms with E-state index in [4.69, 9.17) is 0 Å². The summed E-state index contributed by atoms with van der Waals surface area (Å²) in [5.41, 5.74) is 2.42. The van der Waals surface area contributed by atoms with Gasteiger partial charge in [0.05, 0.1) is 15.5 Å². The monoisotopic (exact) mass is 471 g/mol. The van der Waals surface area contributed by atoms with Crippen molar-refractivity contribution in [1.29, 1.82) is 0 Å². The zero-order chi connectivity index (χ0) is 22.9. The number of aromatic nitrogens is 1. The quantitative estimate of drug-likeness (QED) is 0.435. The molecular formula is C23H25N3O4S2. The molecule has 9 heteroatoms. The van der Waals surface area contributed by atoms with Crippen LogP contribution in [0.5, 0.6) is 5.75 Å². The van der Waals surface area contributed by atoms with E-state index in [1.54, 1.807) is 19.1 Å². The topological polar surface area (TPSA) is 108 Å². The van der Waals surface area contributed by atoms with Crippen LogP contribution >= 0.6 is 11.3 Å². The van der Waals surface area contributed by atoms with Gasteiger partial charge in [0.1, 0.15) is 5.75 Å². The van der Waals surface area contributed by atoms with Gasteiger partial charge in [-0.05, 0) is 68.1 Å². The number of hydrogen-bond acceptors (Lipinski definition) is 6. The Labute approximate surface area is 191 Å². The number of carbonyl (C=O) groups is 1. The molecule has 1 aliphatic carbocycles. The van der Waals surface area contributed by atoms with E-state index in [2.05, 4.69) is 15.0 Å². The summed E-state index contributed by atoms with van der Waals surface area (Å²) in [6.07, 6.45) is 3.99. The Hall–Kier alpha value is -2.91. The average molecular weight is 472 g/mol. The zero-order valence-electron chi connectivity index (χ0n) is 17.9. The highest BCUT2D eigenvalue weighted by Crippen LogP contribution is 2.36. The minimum absolute atomic E-state index is 0.00747. The Morgan fingerprint density at radius 1 is 1.09 bits per heavy atom. The highest BCUT2D eigenvalue weighted by molar-refractivity contribution is 7.92. The first-order chi connectivity index (χ1) is 15.2. The number of nitrogens with one attached hydrogen (secondary N) is 2. The van der Waals surface area contributed by atoms with Crippen LogP contribution in [-0.2, 0) is 14.8 Å². The summed E-state index contributed by atoms with van der Waals surface area (Å²) in [5, 5.41) is 12.9. The van der Waals surface area contributed by atoms with Gasteiger partial charge in [0, 0.05) is 11.6 Å². The number of benzene rings is 2. The molecule has 3 aromatic rings. The molecule has 0 atom stereocenters. The van der Waals surface area contributed by atoms with Gasteiger partial charge in [-0.15, -0.1) is 0 Å². The lowest BCUT2D eigenvalue weighted by atomic mass is 10.1. The second-order valence-corrected chi connectivity index (χ2v) is 10.7. The molecule has 4 rings (SSSR count). The third-order valence-corrected chi connectivity index (χ3v) is 8.26. The van der Waals surface area contributed by atoms with Crippen molar-refractivity contribution in [2.24, 2.45) is 5.92 Å². The highest BCUT2D eigenvalue weighted by atomic mass is 32.2. The molecule has 1 fully saturated rings. The number of sulfonamides is 1. The van der Waals surface area contributed by atoms with Crippen molar-refractivity contribution in [3.05, 3.63) is 53.7 Å². The number of amides is 1. The van der Waals surface area contributed by atoms with Crippen molar-refractivity contribution < 1.29 is 18.3 Å². The number of aryl methyl sites for hydroxylation is 2. The van der Waals surface area contributed by atoms with Crippen molar-refractivity contribution in [1.82, 2.24) is 4.98 Å². The van der Waals surface area contributed by atoms with Crippen molar-refractivity contribution in [2.45, 2.75) is 44.4 Å². The lowest BCUT2D eigenvalue weighted by molar-refractivity contribution is -0.119. The maximum absolute atomic E-state index is 13.0. The molecule has 0 radical (unpaired) electrons. The van der Waals surface area contributed by atoms with E-state index in [1.807, 2.05) is 13.0 Å². The third kappa shape index (κ3) is 4.78. The van der Waals surface area contributed by atoms with Crippen LogP contribution in [0.1, 0.15) is 36.9 Å². The summed E-state index contributed by atoms with van der Waals surface area (Å²) < 4.78 is 28.6. The minimum atomic E-state index is -3.84. The van der Waals surface area contributed by atoms with E-state index in [0.717, 1.165) is 41.8 Å². The first-order valence-corrected chi connectivity index (χ1v) is 12.7. The van der Waals surface area contributed by atoms with Crippen LogP contribution in [-0.4, -0.2) is 24.4 Å². The fourth-order valence-corrected chi connectivity index (χ4v) is 6.18. The van der Waals surface area contributed by atoms with Crippen molar-refractivity contribution in [3.63, 3.8) is 0 Å². The molecular weight excluding hydrogens is 446 g/mol. The standard InChI is InChI=1S/C23H25N3O4S2/c1-14-7-8-17(13-20(14)32(29,30)26-18-9-11-19(27)12-10-18)21-15(2)24-23(31-21)25-22(28)16-5-3-4-6-16/h7-13,16,26-27H,3-6H2,1-2H3,(H,24,25,28). The van der Waals surface area contributed by atoms with Gasteiger partial charge in [-0.2, -0.15) is 0 Å². The minimum Gasteiger partial charge on any atom is -0.508 e. The third-order valence-electron chi connectivity index (χ3n) is 5.61. The van der Waals surface area contributed by atoms with Crippen LogP contribution in [0.2, 0.25) is 0 Å². The molecule has 1 aromatic heterocycles. The number of rotatable bonds is 6. The Kier molecular flexibility index (Phi) is 6.21. The van der Waals surface area contributed by atoms with Gasteiger partial charge in [-0.1, -0.05) is 36.3 Å². The molecule has 168 valence electrons. The van der Waals surface area contributed by atoms with E-state index in [-0.39, 0.29) is 22.5 Å². The van der Waals surface area contributed by atoms with E-state index in [9.17, 15) is 18.3 Å². The van der Waals surface area contributed by atoms with Gasteiger partial charge in [0.2, 0.25) is 5.91 Å². The van der Waals surface area contributed by atoms with Crippen LogP contribution in [0.3, 0.4) is 0 Å². The van der Waals surface area contributed by atoms with Crippen LogP contribution in [0.4, 0.5) is 10.8 Å². The molecule has 1 heterocycles. The number of hydrogen-bond donors (Lipinski definition) is 3. The highest BCUT2D eigenvalue weighted by Gasteiger charge is 2.24. The molecule has 7 nitrogen and oxygen atoms in total. The Balaban J connectivity index is 1.60. The fraction of sp³-hybridized carbons (Fsp3) is 0.304. The molecule has 1 saturated carbocycles. The summed E-state index contributed by atoms with van der Waals surface area (Å²) in [5.74, 6) is 0.112. The SMILES string of the molecule is Cc1ccc(-c2sc(NC(=O)C3CCCC3)nc2C)cc1S(=O)(=O)Nc1ccc(O)cc1. The van der Waals surface area contributed by atoms with Gasteiger partial charge >= 0.3 is 0 Å². The van der Waals surface area contributed by atoms with E-state index < -0.39 is 10.0 Å². The van der Waals surface area contributed by atoms with Gasteiger partial charge < -0.3 is 10.4 Å². The maximum Gasteiger partial charge on any atom is 0.262 e. The summed E-state index contributed by atoms with van der Waals surface area (Å²) in [7, 11) is -3.84. The number of carbonyl (C=O) groups excluding carboxylic acids is 1. The Morgan fingerprint density at radius 2 is 1.78 bits per heavy atom. The second kappa shape index (κ2) is 8.91. The fourth-order valence-electron chi connectivity index (χ4n) is 3.88. The molecule has 0 bridgehead atoms. The molecule has 0 saturated heterocycles. The average Bonchev–Trinajstić information content (AvgIpc) is 3.40. The van der Waals surface area contributed by atoms with Crippen LogP contribution in [0.15, 0.2) is 47.4 Å². The molecule has 3 N–H and O–H groups in total. The van der Waals surface area contributed by atoms with Crippen LogP contribution < -0.4 is 10.0 Å². The number of anilines is 2. The largest absolute Gasteiger partial charge is 0.508 e. The summed E-state index contributed by atoms with van der Waals surface area (Å²) in [6, 6.07) is 11.1. The van der Waals surface area contributed by atoms with Gasteiger partial charge in [-0.3, -0.25) is 9.52 Å². The second-order valence-electron chi connectivity index (χ2n) is 8.04. The van der Waals surface area contributed by atoms with E-state index in [0.29, 0.717) is 16.4 Å². The lowest BCUT2D eigenvalue weighted by Crippen LogP contribution is -2.20. The number of thiazole rings is 1. The predicted octanol–water partition coefficient (Wildman–Crippen LogP) is 5.06. The van der Waals surface area contributed by atoms with Crippen LogP contribution in [0.25, 0.3) is 10.4 Å². The van der Waals surface area contributed by atoms with Crippen molar-refractivity contribution in [2.75, 3.05) is 10.0 Å². The maximum atomic E-state index is 13.0. The molecule has 32 heavy (non-hydrogen) atoms.